The fraction of sp³-hybridized carbons (Fsp3) is 0.846. The number of amides is 1. The molecule has 9 heteroatoms. The highest BCUT2D eigenvalue weighted by Crippen LogP contribution is 2.60. The highest BCUT2D eigenvalue weighted by molar-refractivity contribution is 8.68. The standard InChI is InChI=1S/C13H26NO5PS2/c1-6-13(5,12(16)17-7-2)14-11(15)10-22-20(21,18-8-3)19-9-4/h6-10H2,1-5H3,(H,14,15)/t13-/m0/s1. The lowest BCUT2D eigenvalue weighted by molar-refractivity contribution is -0.152. The molecule has 0 aliphatic heterocycles. The molecular formula is C13H26NO5PS2. The van der Waals surface area contributed by atoms with Gasteiger partial charge in [0.05, 0.1) is 25.6 Å². The monoisotopic (exact) mass is 371 g/mol. The minimum atomic E-state index is -2.51. The number of carbonyl (C=O) groups is 2. The van der Waals surface area contributed by atoms with E-state index < -0.39 is 17.2 Å². The fourth-order valence-electron chi connectivity index (χ4n) is 1.48. The summed E-state index contributed by atoms with van der Waals surface area (Å²) in [6, 6.07) is 0. The van der Waals surface area contributed by atoms with Gasteiger partial charge in [0, 0.05) is 0 Å². The van der Waals surface area contributed by atoms with Crippen molar-refractivity contribution < 1.29 is 23.4 Å². The smallest absolute Gasteiger partial charge is 0.331 e. The van der Waals surface area contributed by atoms with Gasteiger partial charge >= 0.3 is 5.97 Å². The number of hydrogen-bond acceptors (Lipinski definition) is 7. The predicted molar refractivity (Wildman–Crippen MR) is 93.5 cm³/mol. The minimum absolute atomic E-state index is 0.0757. The number of carbonyl (C=O) groups excluding carboxylic acids is 2. The van der Waals surface area contributed by atoms with Gasteiger partial charge in [0.15, 0.2) is 0 Å². The van der Waals surface area contributed by atoms with Crippen LogP contribution >= 0.6 is 17.1 Å². The number of hydrogen-bond donors (Lipinski definition) is 1. The molecule has 0 heterocycles. The predicted octanol–water partition coefficient (Wildman–Crippen LogP) is 2.87. The Labute approximate surface area is 141 Å². The van der Waals surface area contributed by atoms with Crippen LogP contribution in [-0.4, -0.2) is 43.0 Å². The summed E-state index contributed by atoms with van der Waals surface area (Å²) in [6.07, 6.45) is 0.438. The maximum absolute atomic E-state index is 12.1. The first-order valence-corrected chi connectivity index (χ1v) is 11.5. The zero-order valence-corrected chi connectivity index (χ0v) is 16.4. The van der Waals surface area contributed by atoms with E-state index in [4.69, 9.17) is 25.6 Å². The number of ether oxygens (including phenoxy) is 1. The molecule has 6 nitrogen and oxygen atoms in total. The van der Waals surface area contributed by atoms with Crippen LogP contribution in [0.3, 0.4) is 0 Å². The molecule has 0 saturated carbocycles. The number of esters is 1. The van der Waals surface area contributed by atoms with Gasteiger partial charge in [-0.25, -0.2) is 4.79 Å². The summed E-state index contributed by atoms with van der Waals surface area (Å²) in [5.41, 5.74) is -3.54. The molecule has 0 aliphatic carbocycles. The van der Waals surface area contributed by atoms with Gasteiger partial charge in [-0.1, -0.05) is 18.3 Å². The van der Waals surface area contributed by atoms with E-state index in [1.807, 2.05) is 20.8 Å². The van der Waals surface area contributed by atoms with Crippen LogP contribution in [0.1, 0.15) is 41.0 Å². The second kappa shape index (κ2) is 10.6. The second-order valence-corrected chi connectivity index (χ2v) is 10.8. The summed E-state index contributed by atoms with van der Waals surface area (Å²) < 4.78 is 15.9. The second-order valence-electron chi connectivity index (χ2n) is 4.51. The molecule has 0 spiro atoms. The first-order chi connectivity index (χ1) is 10.3. The number of nitrogens with one attached hydrogen (secondary N) is 1. The summed E-state index contributed by atoms with van der Waals surface area (Å²) in [6.45, 7) is 9.98. The maximum Gasteiger partial charge on any atom is 0.331 e. The highest BCUT2D eigenvalue weighted by Gasteiger charge is 2.35. The van der Waals surface area contributed by atoms with Crippen LogP contribution in [0.15, 0.2) is 0 Å². The maximum atomic E-state index is 12.1. The molecular weight excluding hydrogens is 345 g/mol. The third kappa shape index (κ3) is 7.42. The Morgan fingerprint density at radius 1 is 1.14 bits per heavy atom. The molecule has 0 unspecified atom stereocenters. The summed E-state index contributed by atoms with van der Waals surface area (Å²) in [5, 5.41) is 2.71. The molecule has 22 heavy (non-hydrogen) atoms. The number of rotatable bonds is 11. The molecule has 1 N–H and O–H groups in total. The molecule has 0 aliphatic rings. The third-order valence-corrected chi connectivity index (χ3v) is 8.18. The Morgan fingerprint density at radius 3 is 2.09 bits per heavy atom. The topological polar surface area (TPSA) is 73.9 Å². The van der Waals surface area contributed by atoms with Crippen molar-refractivity contribution in [3.63, 3.8) is 0 Å². The van der Waals surface area contributed by atoms with Crippen LogP contribution in [0, 0.1) is 0 Å². The Kier molecular flexibility index (Phi) is 10.5. The largest absolute Gasteiger partial charge is 0.464 e. The summed E-state index contributed by atoms with van der Waals surface area (Å²) >= 11 is 6.51. The van der Waals surface area contributed by atoms with Crippen LogP contribution in [0.5, 0.6) is 0 Å². The van der Waals surface area contributed by atoms with Crippen molar-refractivity contribution in [1.82, 2.24) is 5.32 Å². The zero-order valence-electron chi connectivity index (χ0n) is 13.8. The van der Waals surface area contributed by atoms with Gasteiger partial charge in [-0.15, -0.1) is 0 Å². The van der Waals surface area contributed by atoms with E-state index >= 15 is 0 Å². The normalized spacial score (nSPS) is 14.2. The molecule has 0 aromatic heterocycles. The van der Waals surface area contributed by atoms with Crippen molar-refractivity contribution in [2.45, 2.75) is 46.6 Å². The summed E-state index contributed by atoms with van der Waals surface area (Å²) in [5.74, 6) is -0.660. The van der Waals surface area contributed by atoms with Gasteiger partial charge in [0.25, 0.3) is 0 Å². The van der Waals surface area contributed by atoms with E-state index in [9.17, 15) is 9.59 Å². The molecule has 0 radical (unpaired) electrons. The van der Waals surface area contributed by atoms with Crippen LogP contribution in [0.25, 0.3) is 0 Å². The van der Waals surface area contributed by atoms with E-state index in [1.54, 1.807) is 13.8 Å². The average Bonchev–Trinajstić information content (AvgIpc) is 2.46. The molecule has 1 atom stereocenters. The lowest BCUT2D eigenvalue weighted by Gasteiger charge is -2.27. The molecule has 1 amide bonds. The van der Waals surface area contributed by atoms with Gasteiger partial charge in [-0.05, 0) is 45.9 Å². The summed E-state index contributed by atoms with van der Waals surface area (Å²) in [4.78, 5) is 24.0. The van der Waals surface area contributed by atoms with Gasteiger partial charge in [0.2, 0.25) is 11.6 Å². The minimum Gasteiger partial charge on any atom is -0.464 e. The van der Waals surface area contributed by atoms with Crippen LogP contribution in [-0.2, 0) is 35.2 Å². The SMILES string of the molecule is CCOC(=O)[C@](C)(CC)NC(=O)CSP(=S)(OCC)OCC. The van der Waals surface area contributed by atoms with E-state index in [2.05, 4.69) is 5.32 Å². The first-order valence-electron chi connectivity index (χ1n) is 7.28. The zero-order chi connectivity index (χ0) is 17.2. The van der Waals surface area contributed by atoms with Crippen molar-refractivity contribution >= 4 is 40.8 Å². The molecule has 0 bridgehead atoms. The first kappa shape index (κ1) is 21.9. The third-order valence-electron chi connectivity index (χ3n) is 2.78. The highest BCUT2D eigenvalue weighted by atomic mass is 32.9. The van der Waals surface area contributed by atoms with E-state index in [1.165, 1.54) is 11.4 Å². The molecule has 130 valence electrons. The Bertz CT molecular complexity index is 411. The average molecular weight is 371 g/mol. The van der Waals surface area contributed by atoms with E-state index in [-0.39, 0.29) is 18.3 Å². The molecule has 0 fully saturated rings. The Hall–Kier alpha value is -0.140. The van der Waals surface area contributed by atoms with Crippen LogP contribution in [0.4, 0.5) is 0 Å². The van der Waals surface area contributed by atoms with Gasteiger partial charge < -0.3 is 19.1 Å². The molecule has 0 rings (SSSR count). The van der Waals surface area contributed by atoms with Crippen molar-refractivity contribution in [2.24, 2.45) is 0 Å². The molecule has 0 aromatic carbocycles. The van der Waals surface area contributed by atoms with Gasteiger partial charge in [-0.3, -0.25) is 4.79 Å². The van der Waals surface area contributed by atoms with Crippen molar-refractivity contribution in [3.8, 4) is 0 Å². The van der Waals surface area contributed by atoms with E-state index in [0.717, 1.165) is 0 Å². The lowest BCUT2D eigenvalue weighted by Crippen LogP contribution is -2.53. The van der Waals surface area contributed by atoms with Crippen LogP contribution in [0.2, 0.25) is 0 Å². The van der Waals surface area contributed by atoms with E-state index in [0.29, 0.717) is 19.6 Å². The van der Waals surface area contributed by atoms with Crippen molar-refractivity contribution in [2.75, 3.05) is 25.6 Å². The Balaban J connectivity index is 4.65. The molecule has 0 saturated heterocycles. The quantitative estimate of drug-likeness (QED) is 0.442. The van der Waals surface area contributed by atoms with Crippen molar-refractivity contribution in [3.05, 3.63) is 0 Å². The van der Waals surface area contributed by atoms with Gasteiger partial charge in [-0.2, -0.15) is 0 Å². The lowest BCUT2D eigenvalue weighted by atomic mass is 9.99. The van der Waals surface area contributed by atoms with Crippen molar-refractivity contribution in [1.29, 1.82) is 0 Å². The molecule has 0 aromatic rings. The van der Waals surface area contributed by atoms with Crippen LogP contribution < -0.4 is 5.32 Å². The van der Waals surface area contributed by atoms with Gasteiger partial charge in [0.1, 0.15) is 5.54 Å². The fourth-order valence-corrected chi connectivity index (χ4v) is 5.70. The summed E-state index contributed by atoms with van der Waals surface area (Å²) in [7, 11) is 0. The Morgan fingerprint density at radius 2 is 1.68 bits per heavy atom.